The number of oxazole rings is 1. The molecule has 0 amide bonds. The third-order valence-corrected chi connectivity index (χ3v) is 21.0. The van der Waals surface area contributed by atoms with Gasteiger partial charge in [-0.1, -0.05) is 205 Å². The molecule has 0 aliphatic rings. The molecule has 0 aliphatic heterocycles. The largest absolute Gasteiger partial charge is 0.436 e. The predicted molar refractivity (Wildman–Crippen MR) is 423 cm³/mol. The Morgan fingerprint density at radius 2 is 0.578 bits per heavy atom. The minimum Gasteiger partial charge on any atom is -0.436 e. The van der Waals surface area contributed by atoms with Gasteiger partial charge in [-0.3, -0.25) is 0 Å². The Balaban J connectivity index is 0.880. The Morgan fingerprint density at radius 1 is 0.265 bits per heavy atom. The fourth-order valence-electron chi connectivity index (χ4n) is 16.5. The maximum Gasteiger partial charge on any atom is 0.228 e. The van der Waals surface area contributed by atoms with Gasteiger partial charge in [0.2, 0.25) is 5.89 Å². The van der Waals surface area contributed by atoms with Crippen LogP contribution in [0.4, 0.5) is 0 Å². The second kappa shape index (κ2) is 23.0. The van der Waals surface area contributed by atoms with Crippen LogP contribution >= 0.6 is 0 Å². The van der Waals surface area contributed by atoms with E-state index in [9.17, 15) is 5.26 Å². The minimum atomic E-state index is 0.405. The van der Waals surface area contributed by atoms with Crippen molar-refractivity contribution in [1.29, 1.82) is 5.26 Å². The Hall–Kier alpha value is -13.5. The molecule has 15 aromatic carbocycles. The van der Waals surface area contributed by atoms with Crippen LogP contribution in [0, 0.1) is 32.1 Å². The molecule has 0 spiro atoms. The smallest absolute Gasteiger partial charge is 0.228 e. The van der Waals surface area contributed by atoms with Gasteiger partial charge in [-0.15, -0.1) is 0 Å². The molecular formula is C95H62N6O. The summed E-state index contributed by atoms with van der Waals surface area (Å²) in [5, 5.41) is 22.2. The van der Waals surface area contributed by atoms with Gasteiger partial charge in [0, 0.05) is 82.5 Å². The first-order chi connectivity index (χ1) is 50.3. The van der Waals surface area contributed by atoms with Crippen molar-refractivity contribution in [2.75, 3.05) is 0 Å². The van der Waals surface area contributed by atoms with E-state index in [0.717, 1.165) is 106 Å². The maximum absolute atomic E-state index is 12.7. The van der Waals surface area contributed by atoms with Gasteiger partial charge in [-0.2, -0.15) is 5.26 Å². The van der Waals surface area contributed by atoms with Crippen LogP contribution in [0.2, 0.25) is 0 Å². The zero-order valence-electron chi connectivity index (χ0n) is 56.2. The van der Waals surface area contributed by atoms with E-state index in [2.05, 4.69) is 342 Å². The molecule has 0 saturated carbocycles. The summed E-state index contributed by atoms with van der Waals surface area (Å²) < 4.78 is 16.7. The lowest BCUT2D eigenvalue weighted by Crippen LogP contribution is -2.03. The topological polar surface area (TPSA) is 69.5 Å². The van der Waals surface area contributed by atoms with Crippen molar-refractivity contribution >= 4 is 98.3 Å². The molecule has 0 aliphatic carbocycles. The molecule has 0 radical (unpaired) electrons. The van der Waals surface area contributed by atoms with Crippen LogP contribution in [-0.2, 0) is 0 Å². The molecule has 0 saturated heterocycles. The lowest BCUT2D eigenvalue weighted by atomic mass is 9.77. The van der Waals surface area contributed by atoms with Gasteiger partial charge < -0.3 is 22.7 Å². The first-order valence-electron chi connectivity index (χ1n) is 34.8. The highest BCUT2D eigenvalue weighted by molar-refractivity contribution is 6.15. The summed E-state index contributed by atoms with van der Waals surface area (Å²) in [7, 11) is 0. The van der Waals surface area contributed by atoms with Crippen molar-refractivity contribution in [1.82, 2.24) is 23.3 Å². The summed E-state index contributed by atoms with van der Waals surface area (Å²) in [5.41, 5.74) is 28.3. The predicted octanol–water partition coefficient (Wildman–Crippen LogP) is 25.0. The van der Waals surface area contributed by atoms with Crippen LogP contribution in [0.3, 0.4) is 0 Å². The fraction of sp³-hybridized carbons (Fsp3) is 0.0316. The van der Waals surface area contributed by atoms with Crippen molar-refractivity contribution < 1.29 is 4.42 Å². The average molecular weight is 1300 g/mol. The monoisotopic (exact) mass is 1300 g/mol. The molecule has 5 heterocycles. The van der Waals surface area contributed by atoms with E-state index in [0.29, 0.717) is 33.7 Å². The molecule has 7 heteroatoms. The summed E-state index contributed by atoms with van der Waals surface area (Å²) in [5.74, 6) is 0.405. The van der Waals surface area contributed by atoms with E-state index < -0.39 is 0 Å². The number of para-hydroxylation sites is 6. The Morgan fingerprint density at radius 3 is 0.980 bits per heavy atom. The summed E-state index contributed by atoms with van der Waals surface area (Å²) in [6.45, 7) is 6.47. The minimum absolute atomic E-state index is 0.405. The van der Waals surface area contributed by atoms with Crippen LogP contribution in [0.5, 0.6) is 0 Å². The van der Waals surface area contributed by atoms with E-state index in [1.165, 1.54) is 70.9 Å². The summed E-state index contributed by atoms with van der Waals surface area (Å²) >= 11 is 0. The zero-order chi connectivity index (χ0) is 67.8. The molecule has 5 aromatic heterocycles. The van der Waals surface area contributed by atoms with Gasteiger partial charge in [0.05, 0.1) is 55.3 Å². The molecule has 0 bridgehead atoms. The van der Waals surface area contributed by atoms with Crippen LogP contribution in [0.25, 0.3) is 188 Å². The van der Waals surface area contributed by atoms with Crippen LogP contribution < -0.4 is 0 Å². The van der Waals surface area contributed by atoms with Gasteiger partial charge >= 0.3 is 0 Å². The molecule has 0 N–H and O–H groups in total. The third-order valence-electron chi connectivity index (χ3n) is 21.0. The van der Waals surface area contributed by atoms with Gasteiger partial charge in [0.25, 0.3) is 0 Å². The highest BCUT2D eigenvalue weighted by atomic mass is 16.3. The van der Waals surface area contributed by atoms with Gasteiger partial charge in [-0.25, -0.2) is 4.98 Å². The number of aromatic nitrogens is 5. The SMILES string of the molecule is Cc1ccc2c(c1)c1ccccc1n2-c1ccc(-c2c(C#N)c(-c3ccc(-n4c5ccccc5c5cc(C)ccc54)cc3)c(-c3nc4ccccc4o3)c(-c3ccc(-n4c5ccccc5c5cc(C)ccc54)cc3)c2-c2ccc(-n3c4ccccc4c4cc(-c5ccccc5)ccc43)cc2)cc1. The van der Waals surface area contributed by atoms with Crippen LogP contribution in [0.15, 0.2) is 326 Å². The Kier molecular flexibility index (Phi) is 13.2. The number of rotatable bonds is 10. The zero-order valence-corrected chi connectivity index (χ0v) is 56.2. The lowest BCUT2D eigenvalue weighted by molar-refractivity contribution is 0.620. The second-order valence-electron chi connectivity index (χ2n) is 27.1. The van der Waals surface area contributed by atoms with Crippen LogP contribution in [-0.4, -0.2) is 23.3 Å². The van der Waals surface area contributed by atoms with E-state index in [1.54, 1.807) is 0 Å². The van der Waals surface area contributed by atoms with Crippen molar-refractivity contribution in [3.63, 3.8) is 0 Å². The van der Waals surface area contributed by atoms with Crippen molar-refractivity contribution in [3.8, 4) is 95.9 Å². The number of aryl methyl sites for hydroxylation is 3. The summed E-state index contributed by atoms with van der Waals surface area (Å²) in [6.07, 6.45) is 0. The first-order valence-corrected chi connectivity index (χ1v) is 34.8. The van der Waals surface area contributed by atoms with E-state index >= 15 is 0 Å². The highest BCUT2D eigenvalue weighted by Gasteiger charge is 2.32. The number of nitriles is 1. The highest BCUT2D eigenvalue weighted by Crippen LogP contribution is 2.54. The molecule has 478 valence electrons. The van der Waals surface area contributed by atoms with Gasteiger partial charge in [-0.05, 0) is 193 Å². The number of benzene rings is 15. The Bertz CT molecular complexity index is 6840. The fourth-order valence-corrected chi connectivity index (χ4v) is 16.5. The quantitative estimate of drug-likeness (QED) is 0.137. The third kappa shape index (κ3) is 9.10. The second-order valence-corrected chi connectivity index (χ2v) is 27.1. The molecule has 0 atom stereocenters. The summed E-state index contributed by atoms with van der Waals surface area (Å²) in [4.78, 5) is 5.47. The van der Waals surface area contributed by atoms with E-state index in [-0.39, 0.29) is 0 Å². The molecule has 0 fully saturated rings. The molecule has 20 rings (SSSR count). The standard InChI is InChI=1S/C95H62N6O/c1-58-29-49-85-75(53-58)71-19-7-12-24-81(71)98(85)67-41-32-62(33-42-67)90-79(57-96)91(63-34-43-68(44-35-63)99-82-25-13-8-20-72(82)76-54-59(2)30-50-86(76)99)94(95-97-80-23-11-16-28-89(80)102-95)93(65-38-47-69(48-39-65)100-83-26-14-9-21-73(83)77-55-60(3)31-51-87(77)100)92(90)64-36-45-70(46-37-64)101-84-27-15-10-22-74(84)78-56-66(40-52-88(78)101)61-17-5-4-6-18-61/h4-56H,1-3H3. The van der Waals surface area contributed by atoms with Gasteiger partial charge in [0.1, 0.15) is 11.6 Å². The molecule has 0 unspecified atom stereocenters. The van der Waals surface area contributed by atoms with Crippen molar-refractivity contribution in [2.45, 2.75) is 20.8 Å². The molecular weight excluding hydrogens is 1240 g/mol. The van der Waals surface area contributed by atoms with E-state index in [1.807, 2.05) is 24.3 Å². The number of fused-ring (bicyclic) bond motifs is 13. The number of nitrogens with zero attached hydrogens (tertiary/aromatic N) is 6. The average Bonchev–Trinajstić information content (AvgIpc) is 1.42. The Labute approximate surface area is 588 Å². The van der Waals surface area contributed by atoms with Crippen molar-refractivity contribution in [3.05, 3.63) is 344 Å². The normalized spacial score (nSPS) is 11.9. The van der Waals surface area contributed by atoms with Crippen LogP contribution in [0.1, 0.15) is 22.3 Å². The van der Waals surface area contributed by atoms with Crippen molar-refractivity contribution in [2.24, 2.45) is 0 Å². The maximum atomic E-state index is 12.7. The molecule has 7 nitrogen and oxygen atoms in total. The number of hydrogen-bond donors (Lipinski definition) is 0. The van der Waals surface area contributed by atoms with Gasteiger partial charge in [0.15, 0.2) is 5.58 Å². The lowest BCUT2D eigenvalue weighted by Gasteiger charge is -2.25. The number of hydrogen-bond acceptors (Lipinski definition) is 3. The summed E-state index contributed by atoms with van der Waals surface area (Å²) in [6, 6.07) is 119. The molecule has 102 heavy (non-hydrogen) atoms. The molecule has 20 aromatic rings. The van der Waals surface area contributed by atoms with E-state index in [4.69, 9.17) is 9.40 Å². The first kappa shape index (κ1) is 58.6.